The molecule has 0 radical (unpaired) electrons. The Hall–Kier alpha value is -14.9. The highest BCUT2D eigenvalue weighted by atomic mass is 32.2. The van der Waals surface area contributed by atoms with E-state index >= 15 is 0 Å². The van der Waals surface area contributed by atoms with Gasteiger partial charge in [-0.05, 0) is 217 Å². The Morgan fingerprint density at radius 3 is 1.08 bits per heavy atom. The van der Waals surface area contributed by atoms with E-state index in [0.717, 1.165) is 97.8 Å². The van der Waals surface area contributed by atoms with Crippen LogP contribution in [0.3, 0.4) is 0 Å². The molecule has 15 aromatic rings. The summed E-state index contributed by atoms with van der Waals surface area (Å²) in [6.45, 7) is 23.5. The highest BCUT2D eigenvalue weighted by Crippen LogP contribution is 2.37. The maximum atomic E-state index is 12.7. The first-order chi connectivity index (χ1) is 61.9. The number of carbonyl (C=O) groups excluding carboxylic acids is 3. The fourth-order valence-electron chi connectivity index (χ4n) is 12.4. The van der Waals surface area contributed by atoms with Crippen molar-refractivity contribution in [3.05, 3.63) is 233 Å². The molecule has 0 bridgehead atoms. The molecule has 130 heavy (non-hydrogen) atoms. The number of aromatic nitrogens is 15. The molecule has 0 saturated heterocycles. The number of likely N-dealkylation sites (N-methyl/N-ethyl adjacent to an activating group) is 1. The van der Waals surface area contributed by atoms with Gasteiger partial charge in [-0.25, -0.2) is 31.0 Å². The highest BCUT2D eigenvalue weighted by Gasteiger charge is 2.30. The second-order valence-corrected chi connectivity index (χ2v) is 33.5. The fraction of sp³-hybridized carbons (Fsp3) is 0.308. The van der Waals surface area contributed by atoms with Crippen LogP contribution < -0.4 is 65.6 Å². The molecular formula is C91H107F3N24O11S. The molecule has 10 heterocycles. The van der Waals surface area contributed by atoms with Gasteiger partial charge in [-0.15, -0.1) is 25.5 Å². The van der Waals surface area contributed by atoms with E-state index in [1.807, 2.05) is 190 Å². The van der Waals surface area contributed by atoms with Gasteiger partial charge in [0.25, 0.3) is 17.7 Å². The summed E-state index contributed by atoms with van der Waals surface area (Å²) in [5.41, 5.74) is 14.7. The summed E-state index contributed by atoms with van der Waals surface area (Å²) in [5.74, 6) is 4.16. The number of alkyl halides is 3. The van der Waals surface area contributed by atoms with E-state index in [-0.39, 0.29) is 52.5 Å². The zero-order valence-electron chi connectivity index (χ0n) is 75.6. The maximum absolute atomic E-state index is 12.7. The molecule has 0 fully saturated rings. The smallest absolute Gasteiger partial charge is 0.422 e. The number of nitrogens with one attached hydrogen (secondary N) is 7. The van der Waals surface area contributed by atoms with Crippen molar-refractivity contribution in [2.24, 2.45) is 0 Å². The number of sulfone groups is 1. The number of anilines is 10. The van der Waals surface area contributed by atoms with E-state index in [1.165, 1.54) is 22.2 Å². The van der Waals surface area contributed by atoms with Crippen molar-refractivity contribution >= 4 is 114 Å². The van der Waals surface area contributed by atoms with Gasteiger partial charge in [0.05, 0.1) is 68.7 Å². The van der Waals surface area contributed by atoms with Gasteiger partial charge in [0.15, 0.2) is 34.8 Å². The number of aryl methyl sites for hydroxylation is 5. The van der Waals surface area contributed by atoms with Gasteiger partial charge in [0, 0.05) is 93.2 Å². The van der Waals surface area contributed by atoms with Crippen LogP contribution >= 0.6 is 0 Å². The number of carbonyl (C=O) groups is 3. The van der Waals surface area contributed by atoms with E-state index in [1.54, 1.807) is 87.9 Å². The minimum atomic E-state index is -4.59. The third-order valence-electron chi connectivity index (χ3n) is 19.2. The number of amides is 3. The largest absolute Gasteiger partial charge is 0.497 e. The molecule has 15 rings (SSSR count). The van der Waals surface area contributed by atoms with Gasteiger partial charge >= 0.3 is 6.18 Å². The first-order valence-electron chi connectivity index (χ1n) is 41.4. The van der Waals surface area contributed by atoms with Crippen LogP contribution in [0.4, 0.5) is 71.3 Å². The van der Waals surface area contributed by atoms with E-state index < -0.39 is 28.5 Å². The average molecular weight is 1800 g/mol. The summed E-state index contributed by atoms with van der Waals surface area (Å²) >= 11 is 0. The molecule has 0 unspecified atom stereocenters. The lowest BCUT2D eigenvalue weighted by Crippen LogP contribution is -2.31. The van der Waals surface area contributed by atoms with Gasteiger partial charge in [-0.3, -0.25) is 14.4 Å². The predicted octanol–water partition coefficient (Wildman–Crippen LogP) is 15.1. The Kier molecular flexibility index (Phi) is 31.7. The number of hydrogen-bond acceptors (Lipinski definition) is 27. The number of methoxy groups -OCH3 is 3. The molecule has 0 saturated carbocycles. The third-order valence-corrected chi connectivity index (χ3v) is 20.2. The van der Waals surface area contributed by atoms with Crippen molar-refractivity contribution in [3.63, 3.8) is 0 Å². The maximum Gasteiger partial charge on any atom is 0.422 e. The minimum absolute atomic E-state index is 0.000175. The number of benzene rings is 5. The number of ether oxygens (including phenoxy) is 6. The Morgan fingerprint density at radius 2 is 0.746 bits per heavy atom. The zero-order valence-corrected chi connectivity index (χ0v) is 76.4. The SMILES string of the molecule is CCOc1cc(C(=O)N(C)CC)ccc1Nc1nc2ccc(C)cn2n1.CCOc1cc(C(=O)NCCN(C)C)ccc1Nc1nc2ccc(C)cn2n1.COc1cc(C(C)(C)C)ccc1Nc1nc2ccc(C)cn2n1.COc1ccc(Nc2nc3ccc(C)cn3n2)c(OC)c1.Cc1ccc2nc(Nc3ccc(C(=O)NCCS(C)(=O)=O)cc3OCC(F)(F)F)nn2c1. The Balaban J connectivity index is 0.000000158. The molecule has 0 aliphatic heterocycles. The molecule has 0 aliphatic rings. The fourth-order valence-corrected chi connectivity index (χ4v) is 12.9. The van der Waals surface area contributed by atoms with Crippen LogP contribution in [0.2, 0.25) is 0 Å². The van der Waals surface area contributed by atoms with Crippen LogP contribution in [0, 0.1) is 34.6 Å². The molecule has 3 amide bonds. The van der Waals surface area contributed by atoms with Crippen LogP contribution in [0.5, 0.6) is 34.5 Å². The van der Waals surface area contributed by atoms with Gasteiger partial charge < -0.3 is 75.4 Å². The minimum Gasteiger partial charge on any atom is -0.497 e. The van der Waals surface area contributed by atoms with Crippen molar-refractivity contribution < 1.29 is 64.4 Å². The number of pyridine rings is 5. The molecule has 10 aromatic heterocycles. The zero-order chi connectivity index (χ0) is 93.7. The van der Waals surface area contributed by atoms with E-state index in [4.69, 9.17) is 28.4 Å². The normalized spacial score (nSPS) is 11.3. The molecule has 35 nitrogen and oxygen atoms in total. The monoisotopic (exact) mass is 1800 g/mol. The van der Waals surface area contributed by atoms with Gasteiger partial charge in [-0.2, -0.15) is 38.1 Å². The number of fused-ring (bicyclic) bond motifs is 5. The van der Waals surface area contributed by atoms with Crippen molar-refractivity contribution in [1.82, 2.24) is 93.4 Å². The predicted molar refractivity (Wildman–Crippen MR) is 495 cm³/mol. The topological polar surface area (TPSA) is 382 Å². The molecular weight excluding hydrogens is 1690 g/mol. The summed E-state index contributed by atoms with van der Waals surface area (Å²) in [4.78, 5) is 62.8. The molecule has 0 atom stereocenters. The highest BCUT2D eigenvalue weighted by molar-refractivity contribution is 7.90. The van der Waals surface area contributed by atoms with Crippen molar-refractivity contribution in [1.29, 1.82) is 0 Å². The molecule has 7 N–H and O–H groups in total. The molecule has 39 heteroatoms. The number of hydrogen-bond donors (Lipinski definition) is 7. The lowest BCUT2D eigenvalue weighted by molar-refractivity contribution is -0.153. The molecule has 684 valence electrons. The van der Waals surface area contributed by atoms with Crippen LogP contribution in [-0.4, -0.2) is 216 Å². The number of rotatable bonds is 29. The van der Waals surface area contributed by atoms with Crippen molar-refractivity contribution in [2.75, 3.05) is 127 Å². The lowest BCUT2D eigenvalue weighted by atomic mass is 9.87. The van der Waals surface area contributed by atoms with Gasteiger partial charge in [0.2, 0.25) is 29.7 Å². The summed E-state index contributed by atoms with van der Waals surface area (Å²) in [7, 11) is 7.33. The lowest BCUT2D eigenvalue weighted by Gasteiger charge is -2.20. The van der Waals surface area contributed by atoms with Gasteiger partial charge in [-0.1, -0.05) is 57.2 Å². The number of halogens is 3. The van der Waals surface area contributed by atoms with E-state index in [9.17, 15) is 36.0 Å². The second kappa shape index (κ2) is 43.1. The Bertz CT molecular complexity index is 6590. The van der Waals surface area contributed by atoms with Crippen LogP contribution in [-0.2, 0) is 15.3 Å². The van der Waals surface area contributed by atoms with Gasteiger partial charge in [0.1, 0.15) is 44.3 Å². The first kappa shape index (κ1) is 95.8. The summed E-state index contributed by atoms with van der Waals surface area (Å²) in [6.07, 6.45) is 5.88. The Labute approximate surface area is 750 Å². The number of nitrogens with zero attached hydrogens (tertiary/aromatic N) is 17. The molecule has 0 aliphatic carbocycles. The van der Waals surface area contributed by atoms with E-state index in [2.05, 4.69) is 121 Å². The third kappa shape index (κ3) is 26.8. The quantitative estimate of drug-likeness (QED) is 0.0229. The summed E-state index contributed by atoms with van der Waals surface area (Å²) < 4.78 is 101. The first-order valence-corrected chi connectivity index (χ1v) is 43.4. The van der Waals surface area contributed by atoms with Crippen LogP contribution in [0.1, 0.15) is 106 Å². The van der Waals surface area contributed by atoms with Crippen molar-refractivity contribution in [2.45, 2.75) is 87.8 Å². The average Bonchev–Trinajstić information content (AvgIpc) is 1.53. The standard InChI is InChI=1S/C20H26N6O2.C19H20F3N5O4S.C19H23N5O2.C18H22N4O.C15H16N4O2/c1-5-28-17-12-15(19(27)21-10-11-25(3)4)7-8-16(17)22-20-23-18-9-6-14(2)13-26(18)24-20;1-12-3-6-16-25-18(26-27(16)10-12)24-14-5-4-13(9-15(14)31-11-19(20,21)22)17(28)23-7-8-32(2,29)30;1-5-23(4)18(25)14-8-9-15(16(11-14)26-6-2)20-19-21-17-10-7-13(3)12-24(17)22-19;1-12-6-9-16-20-17(21-22(16)11-12)19-14-8-7-13(18(2,3)4)10-15(14)23-5;1-10-4-7-14-17-15(18-19(14)9-10)16-12-6-5-11(20-2)8-13(12)21-3/h6-9,12-13H,5,10-11H2,1-4H3,(H,21,27)(H,22,24);3-6,9-10H,7-8,11H2,1-2H3,(H,23,28)(H,24,26);7-12H,5-6H2,1-4H3,(H,20,22);6-11H,1-5H3,(H,19,21);4-9H,1-3H3,(H,16,18). The van der Waals surface area contributed by atoms with Crippen LogP contribution in [0.25, 0.3) is 28.2 Å². The molecule has 5 aromatic carbocycles. The Morgan fingerprint density at radius 1 is 0.415 bits per heavy atom. The summed E-state index contributed by atoms with van der Waals surface area (Å²) in [6, 6.07) is 45.5. The summed E-state index contributed by atoms with van der Waals surface area (Å²) in [5, 5.41) is 42.8. The second-order valence-electron chi connectivity index (χ2n) is 31.2. The molecule has 0 spiro atoms. The van der Waals surface area contributed by atoms with Crippen LogP contribution in [0.15, 0.2) is 183 Å². The van der Waals surface area contributed by atoms with E-state index in [0.29, 0.717) is 89.8 Å². The van der Waals surface area contributed by atoms with Crippen molar-refractivity contribution in [3.8, 4) is 34.5 Å².